The summed E-state index contributed by atoms with van der Waals surface area (Å²) < 4.78 is 4.01. The maximum atomic E-state index is 9.36. The Labute approximate surface area is 69.1 Å². The molecule has 11 heavy (non-hydrogen) atoms. The first-order valence-corrected chi connectivity index (χ1v) is 4.15. The summed E-state index contributed by atoms with van der Waals surface area (Å²) in [5, 5.41) is 9.36. The van der Waals surface area contributed by atoms with E-state index in [-0.39, 0.29) is 0 Å². The van der Waals surface area contributed by atoms with Gasteiger partial charge in [-0.25, -0.2) is 4.40 Å². The van der Waals surface area contributed by atoms with Crippen molar-refractivity contribution >= 4 is 18.2 Å². The summed E-state index contributed by atoms with van der Waals surface area (Å²) >= 11 is 1.33. The van der Waals surface area contributed by atoms with Gasteiger partial charge in [0, 0.05) is 24.6 Å². The number of hydrogen-bond acceptors (Lipinski definition) is 3. The van der Waals surface area contributed by atoms with E-state index in [0.717, 1.165) is 16.9 Å². The molecule has 0 fully saturated rings. The number of phenolic OH excluding ortho intramolecular Hbond substituents is 1. The van der Waals surface area contributed by atoms with Gasteiger partial charge in [-0.15, -0.1) is 0 Å². The highest BCUT2D eigenvalue weighted by Gasteiger charge is 2.09. The largest absolute Gasteiger partial charge is 0.507 e. The molecule has 0 spiro atoms. The molecule has 1 aromatic carbocycles. The lowest BCUT2D eigenvalue weighted by atomic mass is 10.1. The van der Waals surface area contributed by atoms with E-state index in [1.165, 1.54) is 11.9 Å². The van der Waals surface area contributed by atoms with Crippen molar-refractivity contribution in [1.82, 2.24) is 0 Å². The molecule has 1 aliphatic heterocycles. The predicted molar refractivity (Wildman–Crippen MR) is 46.2 cm³/mol. The standard InChI is InChI=1S/C8H7NOS/c10-7-3-1-2-6-4-5-9-11-8(6)7/h1-3,5,10H,4H2. The Morgan fingerprint density at radius 2 is 2.36 bits per heavy atom. The maximum absolute atomic E-state index is 9.36. The van der Waals surface area contributed by atoms with E-state index in [9.17, 15) is 5.11 Å². The van der Waals surface area contributed by atoms with Crippen LogP contribution >= 0.6 is 11.9 Å². The number of rotatable bonds is 0. The van der Waals surface area contributed by atoms with Crippen LogP contribution < -0.4 is 0 Å². The van der Waals surface area contributed by atoms with Gasteiger partial charge in [-0.05, 0) is 11.6 Å². The van der Waals surface area contributed by atoms with Crippen LogP contribution in [0.1, 0.15) is 5.56 Å². The molecule has 0 saturated carbocycles. The molecule has 1 aliphatic rings. The zero-order valence-corrected chi connectivity index (χ0v) is 6.64. The van der Waals surface area contributed by atoms with Crippen molar-refractivity contribution in [3.8, 4) is 5.75 Å². The quantitative estimate of drug-likeness (QED) is 0.596. The summed E-state index contributed by atoms with van der Waals surface area (Å²) in [5.41, 5.74) is 1.16. The lowest BCUT2D eigenvalue weighted by Crippen LogP contribution is -1.93. The summed E-state index contributed by atoms with van der Waals surface area (Å²) in [5.74, 6) is 0.337. The summed E-state index contributed by atoms with van der Waals surface area (Å²) in [4.78, 5) is 0.898. The number of hydrogen-bond donors (Lipinski definition) is 1. The molecule has 1 heterocycles. The van der Waals surface area contributed by atoms with Crippen LogP contribution in [0.25, 0.3) is 0 Å². The number of fused-ring (bicyclic) bond motifs is 1. The number of benzene rings is 1. The highest BCUT2D eigenvalue weighted by Crippen LogP contribution is 2.34. The number of phenols is 1. The van der Waals surface area contributed by atoms with E-state index < -0.39 is 0 Å². The van der Waals surface area contributed by atoms with Crippen molar-refractivity contribution in [2.24, 2.45) is 4.40 Å². The van der Waals surface area contributed by atoms with Crippen molar-refractivity contribution in [2.45, 2.75) is 11.3 Å². The van der Waals surface area contributed by atoms with Crippen LogP contribution in [-0.4, -0.2) is 11.3 Å². The monoisotopic (exact) mass is 165 g/mol. The molecular formula is C8H7NOS. The van der Waals surface area contributed by atoms with Gasteiger partial charge in [0.25, 0.3) is 0 Å². The molecule has 2 nitrogen and oxygen atoms in total. The molecular weight excluding hydrogens is 158 g/mol. The van der Waals surface area contributed by atoms with Crippen molar-refractivity contribution in [3.05, 3.63) is 23.8 Å². The molecule has 0 aliphatic carbocycles. The van der Waals surface area contributed by atoms with Crippen LogP contribution in [0.15, 0.2) is 27.5 Å². The van der Waals surface area contributed by atoms with E-state index >= 15 is 0 Å². The number of aromatic hydroxyl groups is 1. The lowest BCUT2D eigenvalue weighted by Gasteiger charge is -2.09. The summed E-state index contributed by atoms with van der Waals surface area (Å²) in [6.07, 6.45) is 2.68. The Morgan fingerprint density at radius 3 is 3.18 bits per heavy atom. The highest BCUT2D eigenvalue weighted by atomic mass is 32.2. The van der Waals surface area contributed by atoms with Crippen molar-refractivity contribution < 1.29 is 5.11 Å². The molecule has 0 atom stereocenters. The fraction of sp³-hybridized carbons (Fsp3) is 0.125. The van der Waals surface area contributed by atoms with Crippen molar-refractivity contribution in [1.29, 1.82) is 0 Å². The van der Waals surface area contributed by atoms with Crippen LogP contribution in [0.5, 0.6) is 5.75 Å². The van der Waals surface area contributed by atoms with Crippen LogP contribution in [0.4, 0.5) is 0 Å². The highest BCUT2D eigenvalue weighted by molar-refractivity contribution is 7.98. The van der Waals surface area contributed by atoms with E-state index in [0.29, 0.717) is 5.75 Å². The molecule has 0 saturated heterocycles. The number of nitrogens with zero attached hydrogens (tertiary/aromatic N) is 1. The van der Waals surface area contributed by atoms with Crippen molar-refractivity contribution in [3.63, 3.8) is 0 Å². The molecule has 1 N–H and O–H groups in total. The SMILES string of the molecule is Oc1cccc2c1SN=CC2. The second-order valence-corrected chi connectivity index (χ2v) is 3.15. The zero-order chi connectivity index (χ0) is 7.68. The Kier molecular flexibility index (Phi) is 1.58. The predicted octanol–water partition coefficient (Wildman–Crippen LogP) is 2.03. The topological polar surface area (TPSA) is 32.6 Å². The minimum atomic E-state index is 0.337. The molecule has 0 radical (unpaired) electrons. The van der Waals surface area contributed by atoms with E-state index in [1.54, 1.807) is 6.07 Å². The molecule has 1 aromatic rings. The minimum absolute atomic E-state index is 0.337. The smallest absolute Gasteiger partial charge is 0.131 e. The van der Waals surface area contributed by atoms with E-state index in [1.807, 2.05) is 18.3 Å². The van der Waals surface area contributed by atoms with Crippen LogP contribution in [0, 0.1) is 0 Å². The van der Waals surface area contributed by atoms with Gasteiger partial charge in [0.15, 0.2) is 0 Å². The third kappa shape index (κ3) is 1.12. The average molecular weight is 165 g/mol. The van der Waals surface area contributed by atoms with Gasteiger partial charge >= 0.3 is 0 Å². The first-order valence-electron chi connectivity index (χ1n) is 3.37. The third-order valence-corrected chi connectivity index (χ3v) is 2.51. The zero-order valence-electron chi connectivity index (χ0n) is 5.82. The van der Waals surface area contributed by atoms with Gasteiger partial charge in [0.05, 0.1) is 4.90 Å². The molecule has 0 unspecified atom stereocenters. The fourth-order valence-electron chi connectivity index (χ4n) is 1.06. The van der Waals surface area contributed by atoms with Gasteiger partial charge < -0.3 is 5.11 Å². The summed E-state index contributed by atoms with van der Waals surface area (Å²) in [7, 11) is 0. The average Bonchev–Trinajstić information content (AvgIpc) is 2.06. The lowest BCUT2D eigenvalue weighted by molar-refractivity contribution is 0.461. The van der Waals surface area contributed by atoms with E-state index in [2.05, 4.69) is 4.40 Å². The first-order chi connectivity index (χ1) is 5.38. The molecule has 0 amide bonds. The van der Waals surface area contributed by atoms with Crippen LogP contribution in [0.3, 0.4) is 0 Å². The first kappa shape index (κ1) is 6.73. The second kappa shape index (κ2) is 2.58. The summed E-state index contributed by atoms with van der Waals surface area (Å²) in [6.45, 7) is 0. The Hall–Kier alpha value is -0.960. The molecule has 56 valence electrons. The molecule has 0 aromatic heterocycles. The Bertz CT molecular complexity index is 309. The second-order valence-electron chi connectivity index (χ2n) is 2.35. The van der Waals surface area contributed by atoms with E-state index in [4.69, 9.17) is 0 Å². The van der Waals surface area contributed by atoms with Crippen molar-refractivity contribution in [2.75, 3.05) is 0 Å². The van der Waals surface area contributed by atoms with Crippen LogP contribution in [0.2, 0.25) is 0 Å². The molecule has 0 bridgehead atoms. The van der Waals surface area contributed by atoms with Gasteiger partial charge in [-0.1, -0.05) is 12.1 Å². The van der Waals surface area contributed by atoms with Gasteiger partial charge in [-0.2, -0.15) is 0 Å². The van der Waals surface area contributed by atoms with Gasteiger partial charge in [0.2, 0.25) is 0 Å². The molecule has 3 heteroatoms. The van der Waals surface area contributed by atoms with Gasteiger partial charge in [-0.3, -0.25) is 0 Å². The van der Waals surface area contributed by atoms with Gasteiger partial charge in [0.1, 0.15) is 5.75 Å². The maximum Gasteiger partial charge on any atom is 0.131 e. The normalized spacial score (nSPS) is 14.5. The summed E-state index contributed by atoms with van der Waals surface area (Å²) in [6, 6.07) is 5.55. The minimum Gasteiger partial charge on any atom is -0.507 e. The fourth-order valence-corrected chi connectivity index (χ4v) is 1.75. The Balaban J connectivity index is 2.54. The molecule has 2 rings (SSSR count). The van der Waals surface area contributed by atoms with Crippen LogP contribution in [-0.2, 0) is 6.42 Å². The Morgan fingerprint density at radius 1 is 1.45 bits per heavy atom. The third-order valence-electron chi connectivity index (χ3n) is 1.61.